The molecule has 7 heteroatoms. The summed E-state index contributed by atoms with van der Waals surface area (Å²) in [6.45, 7) is 2.22. The predicted molar refractivity (Wildman–Crippen MR) is 83.5 cm³/mol. The molecule has 0 bridgehead atoms. The van der Waals surface area contributed by atoms with Gasteiger partial charge in [0.1, 0.15) is 12.4 Å². The Morgan fingerprint density at radius 3 is 2.64 bits per heavy atom. The molecule has 1 aliphatic rings. The molecule has 0 radical (unpaired) electrons. The molecule has 0 aromatic heterocycles. The Morgan fingerprint density at radius 2 is 2.00 bits per heavy atom. The van der Waals surface area contributed by atoms with E-state index in [1.54, 1.807) is 19.1 Å². The lowest BCUT2D eigenvalue weighted by molar-refractivity contribution is -0.140. The largest absolute Gasteiger partial charge is 0.460 e. The van der Waals surface area contributed by atoms with E-state index in [1.165, 1.54) is 19.2 Å². The van der Waals surface area contributed by atoms with Crippen LogP contribution < -0.4 is 10.6 Å². The van der Waals surface area contributed by atoms with Crippen molar-refractivity contribution >= 4 is 23.3 Å². The minimum absolute atomic E-state index is 0.159. The van der Waals surface area contributed by atoms with Gasteiger partial charge in [-0.05, 0) is 36.8 Å². The van der Waals surface area contributed by atoms with Crippen LogP contribution >= 0.6 is 12.2 Å². The maximum atomic E-state index is 13.1. The molecular formula is C15H17FN2O3S. The van der Waals surface area contributed by atoms with Crippen molar-refractivity contribution in [2.75, 3.05) is 20.3 Å². The number of rotatable bonds is 5. The fraction of sp³-hybridized carbons (Fsp3) is 0.333. The van der Waals surface area contributed by atoms with Gasteiger partial charge in [0.05, 0.1) is 18.2 Å². The molecule has 5 nitrogen and oxygen atoms in total. The third-order valence-corrected chi connectivity index (χ3v) is 3.43. The van der Waals surface area contributed by atoms with Gasteiger partial charge in [0.15, 0.2) is 5.11 Å². The number of esters is 1. The van der Waals surface area contributed by atoms with Crippen LogP contribution in [0.5, 0.6) is 0 Å². The molecular weight excluding hydrogens is 307 g/mol. The van der Waals surface area contributed by atoms with E-state index in [0.29, 0.717) is 23.0 Å². The van der Waals surface area contributed by atoms with Crippen molar-refractivity contribution in [3.05, 3.63) is 46.9 Å². The fourth-order valence-corrected chi connectivity index (χ4v) is 2.44. The first-order valence-electron chi connectivity index (χ1n) is 6.72. The normalized spacial score (nSPS) is 17.8. The molecule has 0 aliphatic carbocycles. The Balaban J connectivity index is 2.28. The Kier molecular flexibility index (Phi) is 5.46. The number of thiocarbonyl (C=S) groups is 1. The van der Waals surface area contributed by atoms with Gasteiger partial charge >= 0.3 is 5.97 Å². The summed E-state index contributed by atoms with van der Waals surface area (Å²) in [6.07, 6.45) is 0. The second-order valence-electron chi connectivity index (χ2n) is 4.75. The lowest BCUT2D eigenvalue weighted by atomic mass is 9.96. The number of benzene rings is 1. The number of hydrogen-bond donors (Lipinski definition) is 2. The molecule has 0 saturated carbocycles. The van der Waals surface area contributed by atoms with E-state index in [9.17, 15) is 9.18 Å². The van der Waals surface area contributed by atoms with Crippen LogP contribution in [-0.2, 0) is 14.3 Å². The summed E-state index contributed by atoms with van der Waals surface area (Å²) >= 11 is 5.13. The molecule has 22 heavy (non-hydrogen) atoms. The molecule has 0 spiro atoms. The van der Waals surface area contributed by atoms with Gasteiger partial charge in [-0.25, -0.2) is 9.18 Å². The highest BCUT2D eigenvalue weighted by molar-refractivity contribution is 7.80. The zero-order valence-electron chi connectivity index (χ0n) is 12.3. The number of methoxy groups -OCH3 is 1. The van der Waals surface area contributed by atoms with Crippen LogP contribution in [0, 0.1) is 5.82 Å². The first kappa shape index (κ1) is 16.4. The number of ether oxygens (including phenoxy) is 2. The molecule has 1 heterocycles. The predicted octanol–water partition coefficient (Wildman–Crippen LogP) is 1.81. The first-order valence-corrected chi connectivity index (χ1v) is 7.13. The molecule has 0 fully saturated rings. The van der Waals surface area contributed by atoms with Crippen molar-refractivity contribution < 1.29 is 18.7 Å². The van der Waals surface area contributed by atoms with Crippen LogP contribution in [0.25, 0.3) is 0 Å². The van der Waals surface area contributed by atoms with Gasteiger partial charge in [-0.1, -0.05) is 12.1 Å². The molecule has 1 aromatic rings. The van der Waals surface area contributed by atoms with Gasteiger partial charge in [-0.15, -0.1) is 0 Å². The van der Waals surface area contributed by atoms with Gasteiger partial charge in [0, 0.05) is 12.8 Å². The summed E-state index contributed by atoms with van der Waals surface area (Å²) in [6, 6.07) is 5.41. The summed E-state index contributed by atoms with van der Waals surface area (Å²) in [7, 11) is 1.53. The molecule has 2 N–H and O–H groups in total. The topological polar surface area (TPSA) is 59.6 Å². The molecule has 0 unspecified atom stereocenters. The smallest absolute Gasteiger partial charge is 0.338 e. The number of nitrogens with one attached hydrogen (secondary N) is 2. The molecule has 1 aliphatic heterocycles. The number of carbonyl (C=O) groups is 1. The molecule has 1 aromatic carbocycles. The zero-order chi connectivity index (χ0) is 16.1. The van der Waals surface area contributed by atoms with Gasteiger partial charge in [-0.3, -0.25) is 0 Å². The third kappa shape index (κ3) is 3.80. The Hall–Kier alpha value is -1.99. The van der Waals surface area contributed by atoms with Crippen LogP contribution in [0.3, 0.4) is 0 Å². The van der Waals surface area contributed by atoms with Crippen molar-refractivity contribution in [2.24, 2.45) is 0 Å². The SMILES string of the molecule is COCCOC(=O)C1=C(C)NC(=S)N[C@@H]1c1ccc(F)cc1. The van der Waals surface area contributed by atoms with E-state index in [1.807, 2.05) is 0 Å². The minimum Gasteiger partial charge on any atom is -0.460 e. The van der Waals surface area contributed by atoms with Crippen molar-refractivity contribution in [3.63, 3.8) is 0 Å². The number of hydrogen-bond acceptors (Lipinski definition) is 4. The monoisotopic (exact) mass is 324 g/mol. The van der Waals surface area contributed by atoms with E-state index in [0.717, 1.165) is 5.56 Å². The Labute approximate surface area is 133 Å². The molecule has 1 atom stereocenters. The lowest BCUT2D eigenvalue weighted by Crippen LogP contribution is -2.45. The summed E-state index contributed by atoms with van der Waals surface area (Å²) in [5.74, 6) is -0.809. The molecule has 0 saturated heterocycles. The van der Waals surface area contributed by atoms with Crippen molar-refractivity contribution in [2.45, 2.75) is 13.0 Å². The van der Waals surface area contributed by atoms with Crippen LogP contribution in [0.15, 0.2) is 35.5 Å². The molecule has 118 valence electrons. The van der Waals surface area contributed by atoms with Crippen molar-refractivity contribution in [1.29, 1.82) is 0 Å². The van der Waals surface area contributed by atoms with E-state index in [2.05, 4.69) is 10.6 Å². The average Bonchev–Trinajstić information content (AvgIpc) is 2.47. The highest BCUT2D eigenvalue weighted by Crippen LogP contribution is 2.27. The van der Waals surface area contributed by atoms with Crippen LogP contribution in [0.1, 0.15) is 18.5 Å². The molecule has 0 amide bonds. The Morgan fingerprint density at radius 1 is 1.32 bits per heavy atom. The number of carbonyl (C=O) groups excluding carboxylic acids is 1. The van der Waals surface area contributed by atoms with Crippen LogP contribution in [-0.4, -0.2) is 31.4 Å². The second-order valence-corrected chi connectivity index (χ2v) is 5.16. The van der Waals surface area contributed by atoms with E-state index >= 15 is 0 Å². The number of allylic oxidation sites excluding steroid dienone is 1. The first-order chi connectivity index (χ1) is 10.5. The second kappa shape index (κ2) is 7.33. The zero-order valence-corrected chi connectivity index (χ0v) is 13.1. The Bertz CT molecular complexity index is 601. The van der Waals surface area contributed by atoms with E-state index in [4.69, 9.17) is 21.7 Å². The molecule has 2 rings (SSSR count). The van der Waals surface area contributed by atoms with Gasteiger partial charge in [-0.2, -0.15) is 0 Å². The summed E-state index contributed by atoms with van der Waals surface area (Å²) in [4.78, 5) is 12.3. The summed E-state index contributed by atoms with van der Waals surface area (Å²) in [5, 5.41) is 6.32. The van der Waals surface area contributed by atoms with Crippen LogP contribution in [0.2, 0.25) is 0 Å². The van der Waals surface area contributed by atoms with Crippen molar-refractivity contribution in [3.8, 4) is 0 Å². The summed E-state index contributed by atoms with van der Waals surface area (Å²) in [5.41, 5.74) is 1.75. The minimum atomic E-state index is -0.482. The highest BCUT2D eigenvalue weighted by Gasteiger charge is 2.30. The summed E-state index contributed by atoms with van der Waals surface area (Å²) < 4.78 is 23.1. The maximum absolute atomic E-state index is 13.1. The van der Waals surface area contributed by atoms with E-state index in [-0.39, 0.29) is 12.4 Å². The maximum Gasteiger partial charge on any atom is 0.338 e. The van der Waals surface area contributed by atoms with Crippen molar-refractivity contribution in [1.82, 2.24) is 10.6 Å². The van der Waals surface area contributed by atoms with Gasteiger partial charge in [0.25, 0.3) is 0 Å². The third-order valence-electron chi connectivity index (χ3n) is 3.21. The average molecular weight is 324 g/mol. The number of halogens is 1. The quantitative estimate of drug-likeness (QED) is 0.489. The lowest BCUT2D eigenvalue weighted by Gasteiger charge is -2.29. The van der Waals surface area contributed by atoms with Gasteiger partial charge < -0.3 is 20.1 Å². The standard InChI is InChI=1S/C15H17FN2O3S/c1-9-12(14(19)21-8-7-20-2)13(18-15(22)17-9)10-3-5-11(16)6-4-10/h3-6,13H,7-8H2,1-2H3,(H2,17,18,22)/t13-/m1/s1. The fourth-order valence-electron chi connectivity index (χ4n) is 2.17. The van der Waals surface area contributed by atoms with E-state index < -0.39 is 12.0 Å². The van der Waals surface area contributed by atoms with Gasteiger partial charge in [0.2, 0.25) is 0 Å². The highest BCUT2D eigenvalue weighted by atomic mass is 32.1. The van der Waals surface area contributed by atoms with Crippen LogP contribution in [0.4, 0.5) is 4.39 Å².